The number of benzene rings is 2. The molecule has 2 amide bonds. The molecule has 2 aromatic carbocycles. The van der Waals surface area contributed by atoms with Gasteiger partial charge in [0, 0.05) is 66.7 Å². The zero-order valence-electron chi connectivity index (χ0n) is 28.6. The molecule has 4 rings (SSSR count). The van der Waals surface area contributed by atoms with Gasteiger partial charge in [-0.05, 0) is 69.4 Å². The molecule has 3 N–H and O–H groups in total. The topological polar surface area (TPSA) is 189 Å². The van der Waals surface area contributed by atoms with Crippen LogP contribution in [0.3, 0.4) is 0 Å². The molecule has 2 aromatic rings. The van der Waals surface area contributed by atoms with Crippen molar-refractivity contribution in [1.29, 1.82) is 0 Å². The molecule has 0 spiro atoms. The first-order valence-corrected chi connectivity index (χ1v) is 17.4. The van der Waals surface area contributed by atoms with Crippen molar-refractivity contribution < 1.29 is 57.7 Å². The highest BCUT2D eigenvalue weighted by atomic mass is 32.2. The summed E-state index contributed by atoms with van der Waals surface area (Å²) in [4.78, 5) is 49.3. The number of hydrogen-bond donors (Lipinski definition) is 3. The molecule has 1 atom stereocenters. The molecule has 274 valence electrons. The summed E-state index contributed by atoms with van der Waals surface area (Å²) in [5.74, 6) is -2.46. The summed E-state index contributed by atoms with van der Waals surface area (Å²) >= 11 is 0.559. The van der Waals surface area contributed by atoms with Crippen LogP contribution in [0.2, 0.25) is 0 Å². The number of unbranched alkanes of at least 4 members (excludes halogenated alkanes) is 3. The van der Waals surface area contributed by atoms with Gasteiger partial charge in [0.15, 0.2) is 11.5 Å². The summed E-state index contributed by atoms with van der Waals surface area (Å²) in [6, 6.07) is 10.2. The van der Waals surface area contributed by atoms with Crippen molar-refractivity contribution in [2.24, 2.45) is 0 Å². The number of ketones is 1. The van der Waals surface area contributed by atoms with Gasteiger partial charge in [-0.1, -0.05) is 17.9 Å². The first kappa shape index (κ1) is 39.2. The quantitative estimate of drug-likeness (QED) is 0.0455. The summed E-state index contributed by atoms with van der Waals surface area (Å²) in [7, 11) is 1.53. The van der Waals surface area contributed by atoms with Gasteiger partial charge in [-0.25, -0.2) is 4.39 Å². The largest absolute Gasteiger partial charge is 0.871 e. The lowest BCUT2D eigenvalue weighted by atomic mass is 9.77. The van der Waals surface area contributed by atoms with E-state index in [0.29, 0.717) is 67.7 Å². The number of carbonyl (C=O) groups excluding carboxylic acids is 3. The Kier molecular flexibility index (Phi) is 13.9. The third-order valence-corrected chi connectivity index (χ3v) is 9.44. The molecule has 1 aliphatic heterocycles. The Morgan fingerprint density at radius 1 is 1.06 bits per heavy atom. The highest BCUT2D eigenvalue weighted by molar-refractivity contribution is 7.94. The number of ether oxygens (including phenoxy) is 1. The van der Waals surface area contributed by atoms with E-state index in [1.54, 1.807) is 36.4 Å². The minimum atomic E-state index is -1.02. The van der Waals surface area contributed by atoms with E-state index in [0.717, 1.165) is 11.3 Å². The molecule has 2 aliphatic rings. The maximum absolute atomic E-state index is 14.4. The molecule has 1 aliphatic carbocycles. The van der Waals surface area contributed by atoms with Gasteiger partial charge in [0.25, 0.3) is 0 Å². The average molecular weight is 727 g/mol. The number of rotatable bonds is 20. The zero-order valence-corrected chi connectivity index (χ0v) is 29.4. The predicted octanol–water partition coefficient (Wildman–Crippen LogP) is 2.78. The van der Waals surface area contributed by atoms with Crippen LogP contribution in [0.5, 0.6) is 5.75 Å². The van der Waals surface area contributed by atoms with Crippen molar-refractivity contribution in [1.82, 2.24) is 10.6 Å². The van der Waals surface area contributed by atoms with E-state index in [1.165, 1.54) is 19.2 Å². The Balaban J connectivity index is 1.40. The normalized spacial score (nSPS) is 16.2. The number of fused-ring (bicyclic) bond motifs is 1. The van der Waals surface area contributed by atoms with Crippen LogP contribution >= 0.6 is 12.0 Å². The van der Waals surface area contributed by atoms with Gasteiger partial charge in [0.2, 0.25) is 17.5 Å². The summed E-state index contributed by atoms with van der Waals surface area (Å²) in [5.41, 5.74) is 2.13. The van der Waals surface area contributed by atoms with Crippen molar-refractivity contribution >= 4 is 52.6 Å². The number of hydrogen-bond acceptors (Lipinski definition) is 10. The highest BCUT2D eigenvalue weighted by Gasteiger charge is 2.46. The van der Waals surface area contributed by atoms with E-state index in [1.807, 2.05) is 18.4 Å². The summed E-state index contributed by atoms with van der Waals surface area (Å²) in [6.45, 7) is 4.51. The average Bonchev–Trinajstić information content (AvgIpc) is 3.30. The molecule has 0 saturated heterocycles. The molecule has 0 radical (unpaired) electrons. The van der Waals surface area contributed by atoms with Crippen LogP contribution in [0.25, 0.3) is 5.57 Å². The molecule has 1 unspecified atom stereocenters. The van der Waals surface area contributed by atoms with E-state index < -0.39 is 35.1 Å². The van der Waals surface area contributed by atoms with Crippen LogP contribution in [0.4, 0.5) is 10.1 Å². The number of Topliss-reactive ketones (excluding diaryl/α,β-unsaturated/α-hetero) is 1. The first-order valence-electron chi connectivity index (χ1n) is 16.5. The number of nitrogens with one attached hydrogen (secondary N) is 2. The molecular weight excluding hydrogens is 685 g/mol. The second-order valence-corrected chi connectivity index (χ2v) is 13.3. The summed E-state index contributed by atoms with van der Waals surface area (Å²) < 4.78 is 25.8. The van der Waals surface area contributed by atoms with Crippen molar-refractivity contribution in [3.05, 3.63) is 76.8 Å². The minimum Gasteiger partial charge on any atom is -0.871 e. The third kappa shape index (κ3) is 9.82. The Hall–Kier alpha value is -4.57. The molecule has 13 nitrogen and oxygen atoms in total. The van der Waals surface area contributed by atoms with Crippen LogP contribution in [0.1, 0.15) is 69.9 Å². The SMILES string of the molecule is COc1ccc(C2=C([O-])/C(=C/C3=[N+](CCCCCC(=O)NC(CSOO[O-])C(=O)NCCCCC(=O)O)c4ccc(F)cc4C3(C)C)C2=O)cc1. The third-order valence-electron chi connectivity index (χ3n) is 8.82. The summed E-state index contributed by atoms with van der Waals surface area (Å²) in [5, 5.41) is 40.8. The molecule has 0 saturated carbocycles. The van der Waals surface area contributed by atoms with E-state index in [2.05, 4.69) is 20.0 Å². The van der Waals surface area contributed by atoms with Crippen molar-refractivity contribution in [2.75, 3.05) is 26.0 Å². The van der Waals surface area contributed by atoms with E-state index >= 15 is 0 Å². The van der Waals surface area contributed by atoms with Gasteiger partial charge < -0.3 is 30.8 Å². The van der Waals surface area contributed by atoms with E-state index in [-0.39, 0.29) is 47.8 Å². The van der Waals surface area contributed by atoms with Gasteiger partial charge in [0.05, 0.1) is 18.3 Å². The Morgan fingerprint density at radius 2 is 1.78 bits per heavy atom. The smallest absolute Gasteiger partial charge is 0.303 e. The van der Waals surface area contributed by atoms with E-state index in [4.69, 9.17) is 9.84 Å². The van der Waals surface area contributed by atoms with Crippen LogP contribution in [-0.4, -0.2) is 71.0 Å². The Bertz CT molecular complexity index is 1720. The van der Waals surface area contributed by atoms with Gasteiger partial charge in [-0.2, -0.15) is 8.91 Å². The van der Waals surface area contributed by atoms with Crippen LogP contribution in [0, 0.1) is 5.82 Å². The maximum atomic E-state index is 14.4. The second kappa shape index (κ2) is 18.1. The van der Waals surface area contributed by atoms with Gasteiger partial charge in [-0.3, -0.25) is 24.2 Å². The number of aliphatic carboxylic acids is 1. The molecule has 15 heteroatoms. The fourth-order valence-electron chi connectivity index (χ4n) is 6.08. The van der Waals surface area contributed by atoms with Crippen molar-refractivity contribution in [3.8, 4) is 5.75 Å². The maximum Gasteiger partial charge on any atom is 0.303 e. The molecule has 0 aromatic heterocycles. The zero-order chi connectivity index (χ0) is 37.1. The number of allylic oxidation sites excluding steroid dienone is 3. The summed E-state index contributed by atoms with van der Waals surface area (Å²) in [6.07, 6.45) is 4.21. The molecule has 51 heavy (non-hydrogen) atoms. The fraction of sp³-hybridized carbons (Fsp3) is 0.417. The van der Waals surface area contributed by atoms with Gasteiger partial charge in [-0.15, -0.1) is 0 Å². The Morgan fingerprint density at radius 3 is 2.45 bits per heavy atom. The van der Waals surface area contributed by atoms with Crippen LogP contribution in [0.15, 0.2) is 59.9 Å². The number of halogens is 1. The van der Waals surface area contributed by atoms with Crippen molar-refractivity contribution in [2.45, 2.75) is 70.3 Å². The van der Waals surface area contributed by atoms with E-state index in [9.17, 15) is 33.9 Å². The van der Waals surface area contributed by atoms with Gasteiger partial charge in [0.1, 0.15) is 24.2 Å². The minimum absolute atomic E-state index is 0.0253. The number of nitrogens with zero attached hydrogens (tertiary/aromatic N) is 1. The van der Waals surface area contributed by atoms with Gasteiger partial charge >= 0.3 is 5.97 Å². The molecular formula is C36H41FN3O10S-. The fourth-order valence-corrected chi connectivity index (χ4v) is 6.55. The molecule has 0 bridgehead atoms. The monoisotopic (exact) mass is 726 g/mol. The Labute approximate surface area is 299 Å². The first-order chi connectivity index (χ1) is 24.4. The lowest BCUT2D eigenvalue weighted by molar-refractivity contribution is -0.777. The number of carbonyl (C=O) groups is 4. The number of amides is 2. The number of carboxylic acid groups (broad SMARTS) is 1. The number of methoxy groups -OCH3 is 1. The molecule has 0 fully saturated rings. The van der Waals surface area contributed by atoms with Crippen molar-refractivity contribution in [3.63, 3.8) is 0 Å². The second-order valence-electron chi connectivity index (χ2n) is 12.6. The van der Waals surface area contributed by atoms with Crippen LogP contribution < -0.4 is 25.7 Å². The van der Waals surface area contributed by atoms with Crippen LogP contribution in [-0.2, 0) is 34.0 Å². The predicted molar refractivity (Wildman–Crippen MR) is 182 cm³/mol. The standard InChI is InChI=1S/C36H42FN3O10S/c1-36(2)26-19-23(37)13-16-28(26)40(29(36)20-25-33(44)32(34(25)45)22-11-14-24(48-3)15-12-22)18-8-4-5-9-30(41)39-27(21-51-50-49-47)35(46)38-17-7-6-10-31(42)43/h11-16,19-20,27H,4-10,17-18,21H2,1-3H3,(H4-,38,39,41,42,43,44,46,47)/p-1/b25-20-. The number of carboxylic acids is 1. The molecule has 1 heterocycles. The highest BCUT2D eigenvalue weighted by Crippen LogP contribution is 2.43. The lowest BCUT2D eigenvalue weighted by Crippen LogP contribution is -2.48. The lowest BCUT2D eigenvalue weighted by Gasteiger charge is -2.31.